The van der Waals surface area contributed by atoms with E-state index in [0.29, 0.717) is 5.92 Å². The first-order chi connectivity index (χ1) is 14.8. The van der Waals surface area contributed by atoms with Crippen LogP contribution in [0.5, 0.6) is 5.75 Å². The zero-order chi connectivity index (χ0) is 22.0. The predicted molar refractivity (Wildman–Crippen MR) is 114 cm³/mol. The van der Waals surface area contributed by atoms with Crippen LogP contribution < -0.4 is 4.74 Å². The summed E-state index contributed by atoms with van der Waals surface area (Å²) in [5, 5.41) is 0. The number of fused-ring (bicyclic) bond motifs is 1. The Hall–Kier alpha value is -1.26. The Labute approximate surface area is 183 Å². The highest BCUT2D eigenvalue weighted by Crippen LogP contribution is 2.49. The second kappa shape index (κ2) is 9.70. The zero-order valence-electron chi connectivity index (χ0n) is 18.6. The van der Waals surface area contributed by atoms with Gasteiger partial charge in [0.2, 0.25) is 0 Å². The van der Waals surface area contributed by atoms with Crippen LogP contribution in [0.3, 0.4) is 0 Å². The summed E-state index contributed by atoms with van der Waals surface area (Å²) in [4.78, 5) is 0. The number of benzene rings is 1. The van der Waals surface area contributed by atoms with Crippen molar-refractivity contribution in [2.24, 2.45) is 29.6 Å². The van der Waals surface area contributed by atoms with Crippen molar-refractivity contribution < 1.29 is 22.3 Å². The average Bonchev–Trinajstić information content (AvgIpc) is 2.73. The van der Waals surface area contributed by atoms with E-state index >= 15 is 0 Å². The number of alkyl halides is 3. The first-order valence-corrected chi connectivity index (χ1v) is 12.3. The van der Waals surface area contributed by atoms with Crippen LogP contribution in [0, 0.1) is 35.4 Å². The van der Waals surface area contributed by atoms with Crippen molar-refractivity contribution in [3.05, 3.63) is 29.6 Å². The van der Waals surface area contributed by atoms with Crippen molar-refractivity contribution in [1.82, 2.24) is 0 Å². The third-order valence-corrected chi connectivity index (χ3v) is 8.49. The van der Waals surface area contributed by atoms with E-state index in [4.69, 9.17) is 0 Å². The zero-order valence-corrected chi connectivity index (χ0v) is 18.6. The SMILES string of the molecule is CC1CCC(CCC2CCC3CC(c4ccc(OC(F)(F)F)c(F)c4)CCC3C2)CC1. The molecule has 0 aromatic heterocycles. The maximum Gasteiger partial charge on any atom is 0.573 e. The predicted octanol–water partition coefficient (Wildman–Crippen LogP) is 8.63. The Bertz CT molecular complexity index is 723. The molecule has 1 aromatic carbocycles. The second-order valence-electron chi connectivity index (χ2n) is 10.7. The summed E-state index contributed by atoms with van der Waals surface area (Å²) < 4.78 is 55.1. The van der Waals surface area contributed by atoms with E-state index in [9.17, 15) is 17.6 Å². The Morgan fingerprint density at radius 1 is 0.839 bits per heavy atom. The maximum absolute atomic E-state index is 14.2. The van der Waals surface area contributed by atoms with Gasteiger partial charge in [-0.05, 0) is 85.3 Å². The van der Waals surface area contributed by atoms with Gasteiger partial charge in [0.05, 0.1) is 0 Å². The summed E-state index contributed by atoms with van der Waals surface area (Å²) in [7, 11) is 0. The Morgan fingerprint density at radius 3 is 2.19 bits per heavy atom. The van der Waals surface area contributed by atoms with Gasteiger partial charge >= 0.3 is 6.36 Å². The summed E-state index contributed by atoms with van der Waals surface area (Å²) in [6.45, 7) is 2.38. The van der Waals surface area contributed by atoms with Crippen molar-refractivity contribution in [1.29, 1.82) is 0 Å². The molecule has 4 unspecified atom stereocenters. The Morgan fingerprint density at radius 2 is 1.48 bits per heavy atom. The van der Waals surface area contributed by atoms with Gasteiger partial charge in [-0.25, -0.2) is 4.39 Å². The summed E-state index contributed by atoms with van der Waals surface area (Å²) in [6, 6.07) is 4.00. The first-order valence-electron chi connectivity index (χ1n) is 12.3. The molecule has 3 fully saturated rings. The van der Waals surface area contributed by atoms with Gasteiger partial charge < -0.3 is 4.74 Å². The second-order valence-corrected chi connectivity index (χ2v) is 10.7. The molecule has 0 heterocycles. The fraction of sp³-hybridized carbons (Fsp3) is 0.769. The fourth-order valence-electron chi connectivity index (χ4n) is 6.62. The fourth-order valence-corrected chi connectivity index (χ4v) is 6.62. The topological polar surface area (TPSA) is 9.23 Å². The van der Waals surface area contributed by atoms with Gasteiger partial charge in [0, 0.05) is 0 Å². The first kappa shape index (κ1) is 22.9. The minimum absolute atomic E-state index is 0.247. The monoisotopic (exact) mass is 440 g/mol. The van der Waals surface area contributed by atoms with E-state index in [2.05, 4.69) is 11.7 Å². The third kappa shape index (κ3) is 6.16. The molecule has 1 nitrogen and oxygen atoms in total. The minimum Gasteiger partial charge on any atom is -0.403 e. The van der Waals surface area contributed by atoms with Crippen molar-refractivity contribution in [2.75, 3.05) is 0 Å². The van der Waals surface area contributed by atoms with Crippen molar-refractivity contribution in [3.63, 3.8) is 0 Å². The normalized spacial score (nSPS) is 34.2. The highest BCUT2D eigenvalue weighted by Gasteiger charge is 2.37. The minimum atomic E-state index is -4.87. The lowest BCUT2D eigenvalue weighted by molar-refractivity contribution is -0.275. The lowest BCUT2D eigenvalue weighted by Crippen LogP contribution is -2.30. The molecule has 0 spiro atoms. The highest BCUT2D eigenvalue weighted by atomic mass is 19.4. The van der Waals surface area contributed by atoms with Crippen LogP contribution in [0.25, 0.3) is 0 Å². The molecule has 5 heteroatoms. The molecule has 3 saturated carbocycles. The van der Waals surface area contributed by atoms with Gasteiger partial charge in [-0.3, -0.25) is 0 Å². The van der Waals surface area contributed by atoms with E-state index in [1.165, 1.54) is 63.9 Å². The van der Waals surface area contributed by atoms with Crippen molar-refractivity contribution >= 4 is 0 Å². The average molecular weight is 441 g/mol. The lowest BCUT2D eigenvalue weighted by Gasteiger charge is -2.42. The molecule has 0 aliphatic heterocycles. The van der Waals surface area contributed by atoms with E-state index in [-0.39, 0.29) is 5.92 Å². The van der Waals surface area contributed by atoms with Crippen LogP contribution in [0.1, 0.15) is 95.5 Å². The molecule has 1 aromatic rings. The van der Waals surface area contributed by atoms with E-state index < -0.39 is 17.9 Å². The molecule has 0 radical (unpaired) electrons. The van der Waals surface area contributed by atoms with Crippen LogP contribution in [0.2, 0.25) is 0 Å². The van der Waals surface area contributed by atoms with Gasteiger partial charge in [0.1, 0.15) is 0 Å². The molecule has 4 rings (SSSR count). The number of hydrogen-bond acceptors (Lipinski definition) is 1. The number of halogens is 4. The largest absolute Gasteiger partial charge is 0.573 e. The molecule has 174 valence electrons. The Balaban J connectivity index is 1.26. The van der Waals surface area contributed by atoms with Crippen LogP contribution in [-0.4, -0.2) is 6.36 Å². The molecule has 0 N–H and O–H groups in total. The molecule has 31 heavy (non-hydrogen) atoms. The lowest BCUT2D eigenvalue weighted by atomic mass is 9.63. The smallest absolute Gasteiger partial charge is 0.403 e. The number of ether oxygens (including phenoxy) is 1. The van der Waals surface area contributed by atoms with Gasteiger partial charge in [-0.1, -0.05) is 57.9 Å². The third-order valence-electron chi connectivity index (χ3n) is 8.49. The van der Waals surface area contributed by atoms with Crippen molar-refractivity contribution in [3.8, 4) is 5.75 Å². The summed E-state index contributed by atoms with van der Waals surface area (Å²) in [5.74, 6) is 2.78. The van der Waals surface area contributed by atoms with Crippen molar-refractivity contribution in [2.45, 2.75) is 96.3 Å². The molecule has 0 bridgehead atoms. The molecule has 0 amide bonds. The molecule has 0 saturated heterocycles. The summed E-state index contributed by atoms with van der Waals surface area (Å²) in [6.07, 6.45) is 10.7. The number of hydrogen-bond donors (Lipinski definition) is 0. The van der Waals surface area contributed by atoms with E-state index in [1.807, 2.05) is 0 Å². The summed E-state index contributed by atoms with van der Waals surface area (Å²) >= 11 is 0. The van der Waals surface area contributed by atoms with Crippen LogP contribution in [0.4, 0.5) is 17.6 Å². The number of rotatable bonds is 5. The molecule has 4 atom stereocenters. The van der Waals surface area contributed by atoms with Gasteiger partial charge in [-0.15, -0.1) is 13.2 Å². The quantitative estimate of drug-likeness (QED) is 0.416. The van der Waals surface area contributed by atoms with Crippen LogP contribution in [0.15, 0.2) is 18.2 Å². The van der Waals surface area contributed by atoms with Gasteiger partial charge in [0.15, 0.2) is 11.6 Å². The summed E-state index contributed by atoms with van der Waals surface area (Å²) in [5.41, 5.74) is 0.819. The van der Waals surface area contributed by atoms with Gasteiger partial charge in [0.25, 0.3) is 0 Å². The molecular weight excluding hydrogens is 404 g/mol. The van der Waals surface area contributed by atoms with E-state index in [0.717, 1.165) is 54.6 Å². The van der Waals surface area contributed by atoms with Crippen LogP contribution >= 0.6 is 0 Å². The van der Waals surface area contributed by atoms with E-state index in [1.54, 1.807) is 6.07 Å². The maximum atomic E-state index is 14.2. The molecule has 3 aliphatic carbocycles. The highest BCUT2D eigenvalue weighted by molar-refractivity contribution is 5.32. The van der Waals surface area contributed by atoms with Gasteiger partial charge in [-0.2, -0.15) is 0 Å². The van der Waals surface area contributed by atoms with Crippen LogP contribution in [-0.2, 0) is 0 Å². The molecular formula is C26H36F4O. The standard InChI is InChI=1S/C26H36F4O/c1-17-2-4-18(5-3-17)6-7-19-8-9-21-15-22(11-10-20(21)14-19)23-12-13-25(24(27)16-23)31-26(28,29)30/h12-13,16-22H,2-11,14-15H2,1H3. The molecule has 3 aliphatic rings. The Kier molecular flexibility index (Phi) is 7.17.